The molecule has 0 radical (unpaired) electrons. The summed E-state index contributed by atoms with van der Waals surface area (Å²) >= 11 is 0. The highest BCUT2D eigenvalue weighted by molar-refractivity contribution is 5.40. The van der Waals surface area contributed by atoms with Crippen molar-refractivity contribution in [2.24, 2.45) is 0 Å². The molecule has 4 heteroatoms. The number of hydrogen-bond donors (Lipinski definition) is 1. The van der Waals surface area contributed by atoms with Crippen molar-refractivity contribution in [2.75, 3.05) is 27.4 Å². The molecule has 2 aromatic rings. The lowest BCUT2D eigenvalue weighted by Crippen LogP contribution is -2.18. The molecule has 1 aromatic carbocycles. The molecule has 19 heavy (non-hydrogen) atoms. The number of para-hydroxylation sites is 1. The minimum absolute atomic E-state index is 0.0532. The standard InChI is InChI=1S/C15H19NO3/c1-16-15(12-7-8-18-11-12)13-5-3-4-6-14(13)19-10-9-17-2/h3-8,11,15-16H,9-10H2,1-2H3. The first-order valence-corrected chi connectivity index (χ1v) is 6.27. The quantitative estimate of drug-likeness (QED) is 0.778. The second-order valence-electron chi connectivity index (χ2n) is 4.16. The molecule has 0 bridgehead atoms. The van der Waals surface area contributed by atoms with Gasteiger partial charge in [0.2, 0.25) is 0 Å². The normalized spacial score (nSPS) is 12.3. The van der Waals surface area contributed by atoms with E-state index in [9.17, 15) is 0 Å². The number of benzene rings is 1. The zero-order chi connectivity index (χ0) is 13.5. The van der Waals surface area contributed by atoms with Gasteiger partial charge < -0.3 is 19.2 Å². The Balaban J connectivity index is 2.22. The molecule has 0 aliphatic heterocycles. The minimum Gasteiger partial charge on any atom is -0.491 e. The van der Waals surface area contributed by atoms with Crippen LogP contribution in [0.15, 0.2) is 47.3 Å². The van der Waals surface area contributed by atoms with Crippen LogP contribution in [-0.4, -0.2) is 27.4 Å². The van der Waals surface area contributed by atoms with Gasteiger partial charge in [-0.25, -0.2) is 0 Å². The van der Waals surface area contributed by atoms with Crippen LogP contribution < -0.4 is 10.1 Å². The first-order valence-electron chi connectivity index (χ1n) is 6.27. The predicted molar refractivity (Wildman–Crippen MR) is 73.4 cm³/mol. The topological polar surface area (TPSA) is 43.6 Å². The van der Waals surface area contributed by atoms with Crippen molar-refractivity contribution in [3.8, 4) is 5.75 Å². The third-order valence-corrected chi connectivity index (χ3v) is 2.94. The lowest BCUT2D eigenvalue weighted by molar-refractivity contribution is 0.145. The smallest absolute Gasteiger partial charge is 0.124 e. The lowest BCUT2D eigenvalue weighted by Gasteiger charge is -2.19. The number of ether oxygens (including phenoxy) is 2. The van der Waals surface area contributed by atoms with Crippen molar-refractivity contribution in [3.63, 3.8) is 0 Å². The van der Waals surface area contributed by atoms with E-state index in [0.717, 1.165) is 16.9 Å². The molecule has 0 saturated carbocycles. The molecule has 1 atom stereocenters. The maximum absolute atomic E-state index is 5.76. The van der Waals surface area contributed by atoms with Gasteiger partial charge in [0.05, 0.1) is 25.2 Å². The summed E-state index contributed by atoms with van der Waals surface area (Å²) < 4.78 is 15.9. The van der Waals surface area contributed by atoms with Gasteiger partial charge >= 0.3 is 0 Å². The first-order chi connectivity index (χ1) is 9.36. The second-order valence-corrected chi connectivity index (χ2v) is 4.16. The Bertz CT molecular complexity index is 482. The van der Waals surface area contributed by atoms with Crippen molar-refractivity contribution < 1.29 is 13.9 Å². The fraction of sp³-hybridized carbons (Fsp3) is 0.333. The summed E-state index contributed by atoms with van der Waals surface area (Å²) in [4.78, 5) is 0. The molecule has 0 amide bonds. The van der Waals surface area contributed by atoms with Crippen LogP contribution in [-0.2, 0) is 4.74 Å². The van der Waals surface area contributed by atoms with Crippen LogP contribution in [0.4, 0.5) is 0 Å². The largest absolute Gasteiger partial charge is 0.491 e. The molecule has 4 nitrogen and oxygen atoms in total. The number of furan rings is 1. The molecule has 2 rings (SSSR count). The summed E-state index contributed by atoms with van der Waals surface area (Å²) in [5, 5.41) is 3.28. The van der Waals surface area contributed by atoms with E-state index in [4.69, 9.17) is 13.9 Å². The molecule has 0 aliphatic rings. The Kier molecular flexibility index (Phi) is 5.01. The summed E-state index contributed by atoms with van der Waals surface area (Å²) in [6.45, 7) is 1.11. The first kappa shape index (κ1) is 13.6. The molecular weight excluding hydrogens is 242 g/mol. The summed E-state index contributed by atoms with van der Waals surface area (Å²) in [6.07, 6.45) is 3.42. The highest BCUT2D eigenvalue weighted by Gasteiger charge is 2.17. The van der Waals surface area contributed by atoms with Crippen molar-refractivity contribution in [3.05, 3.63) is 54.0 Å². The SMILES string of the molecule is CNC(c1ccoc1)c1ccccc1OCCOC. The zero-order valence-electron chi connectivity index (χ0n) is 11.3. The van der Waals surface area contributed by atoms with Gasteiger partial charge in [0, 0.05) is 18.2 Å². The summed E-state index contributed by atoms with van der Waals surface area (Å²) in [6, 6.07) is 9.99. The summed E-state index contributed by atoms with van der Waals surface area (Å²) in [5.41, 5.74) is 2.16. The molecular formula is C15H19NO3. The van der Waals surface area contributed by atoms with E-state index in [2.05, 4.69) is 11.4 Å². The zero-order valence-corrected chi connectivity index (χ0v) is 11.3. The van der Waals surface area contributed by atoms with Gasteiger partial charge in [-0.2, -0.15) is 0 Å². The van der Waals surface area contributed by atoms with Gasteiger partial charge in [-0.3, -0.25) is 0 Å². The number of nitrogens with one attached hydrogen (secondary N) is 1. The fourth-order valence-corrected chi connectivity index (χ4v) is 2.03. The van der Waals surface area contributed by atoms with Gasteiger partial charge in [-0.15, -0.1) is 0 Å². The van der Waals surface area contributed by atoms with Gasteiger partial charge in [-0.05, 0) is 19.2 Å². The lowest BCUT2D eigenvalue weighted by atomic mass is 10.0. The van der Waals surface area contributed by atoms with Crippen molar-refractivity contribution in [2.45, 2.75) is 6.04 Å². The van der Waals surface area contributed by atoms with E-state index in [0.29, 0.717) is 13.2 Å². The van der Waals surface area contributed by atoms with Crippen molar-refractivity contribution in [1.82, 2.24) is 5.32 Å². The van der Waals surface area contributed by atoms with Gasteiger partial charge in [0.1, 0.15) is 12.4 Å². The average molecular weight is 261 g/mol. The molecule has 0 spiro atoms. The molecule has 1 unspecified atom stereocenters. The number of rotatable bonds is 7. The average Bonchev–Trinajstić information content (AvgIpc) is 2.96. The van der Waals surface area contributed by atoms with Crippen LogP contribution in [0.5, 0.6) is 5.75 Å². The van der Waals surface area contributed by atoms with E-state index < -0.39 is 0 Å². The molecule has 0 saturated heterocycles. The van der Waals surface area contributed by atoms with Gasteiger partial charge in [0.15, 0.2) is 0 Å². The van der Waals surface area contributed by atoms with Crippen LogP contribution in [0.25, 0.3) is 0 Å². The molecule has 1 N–H and O–H groups in total. The third-order valence-electron chi connectivity index (χ3n) is 2.94. The Hall–Kier alpha value is -1.78. The summed E-state index contributed by atoms with van der Waals surface area (Å²) in [7, 11) is 3.58. The predicted octanol–water partition coefficient (Wildman–Crippen LogP) is 2.61. The fourth-order valence-electron chi connectivity index (χ4n) is 2.03. The van der Waals surface area contributed by atoms with Crippen molar-refractivity contribution >= 4 is 0 Å². The summed E-state index contributed by atoms with van der Waals surface area (Å²) in [5.74, 6) is 0.861. The molecule has 1 heterocycles. The van der Waals surface area contributed by atoms with E-state index >= 15 is 0 Å². The van der Waals surface area contributed by atoms with E-state index in [1.165, 1.54) is 0 Å². The van der Waals surface area contributed by atoms with Crippen LogP contribution in [0.2, 0.25) is 0 Å². The highest BCUT2D eigenvalue weighted by atomic mass is 16.5. The van der Waals surface area contributed by atoms with E-state index in [1.54, 1.807) is 19.6 Å². The monoisotopic (exact) mass is 261 g/mol. The van der Waals surface area contributed by atoms with E-state index in [-0.39, 0.29) is 6.04 Å². The van der Waals surface area contributed by atoms with Gasteiger partial charge in [0.25, 0.3) is 0 Å². The maximum atomic E-state index is 5.76. The van der Waals surface area contributed by atoms with Gasteiger partial charge in [-0.1, -0.05) is 18.2 Å². The third kappa shape index (κ3) is 3.36. The van der Waals surface area contributed by atoms with Crippen LogP contribution in [0.3, 0.4) is 0 Å². The van der Waals surface area contributed by atoms with Crippen LogP contribution in [0.1, 0.15) is 17.2 Å². The number of methoxy groups -OCH3 is 1. The minimum atomic E-state index is 0.0532. The Morgan fingerprint density at radius 2 is 2.05 bits per heavy atom. The molecule has 0 aliphatic carbocycles. The van der Waals surface area contributed by atoms with Crippen LogP contribution >= 0.6 is 0 Å². The molecule has 0 fully saturated rings. The highest BCUT2D eigenvalue weighted by Crippen LogP contribution is 2.29. The Labute approximate surface area is 113 Å². The second kappa shape index (κ2) is 6.97. The maximum Gasteiger partial charge on any atom is 0.124 e. The van der Waals surface area contributed by atoms with Crippen LogP contribution in [0, 0.1) is 0 Å². The Morgan fingerprint density at radius 1 is 1.21 bits per heavy atom. The molecule has 1 aromatic heterocycles. The number of hydrogen-bond acceptors (Lipinski definition) is 4. The van der Waals surface area contributed by atoms with E-state index in [1.807, 2.05) is 31.3 Å². The molecule has 102 valence electrons. The Morgan fingerprint density at radius 3 is 2.74 bits per heavy atom. The van der Waals surface area contributed by atoms with Crippen molar-refractivity contribution in [1.29, 1.82) is 0 Å².